The molecule has 142 valence electrons. The summed E-state index contributed by atoms with van der Waals surface area (Å²) >= 11 is 11.8. The van der Waals surface area contributed by atoms with Crippen molar-refractivity contribution in [3.8, 4) is 17.6 Å². The smallest absolute Gasteiger partial charge is 0.333 e. The molecule has 0 aliphatic rings. The van der Waals surface area contributed by atoms with Gasteiger partial charge in [0.1, 0.15) is 12.4 Å². The SMILES string of the molecule is CC(C)OC(Cc1cccc(OCC#Cc2ccc(Cl)c(Cl)c2)c1)C(=O)O. The molecule has 0 aromatic heterocycles. The van der Waals surface area contributed by atoms with Crippen molar-refractivity contribution in [2.75, 3.05) is 6.61 Å². The zero-order chi connectivity index (χ0) is 19.8. The van der Waals surface area contributed by atoms with Crippen LogP contribution in [0.15, 0.2) is 42.5 Å². The summed E-state index contributed by atoms with van der Waals surface area (Å²) in [5, 5.41) is 10.2. The van der Waals surface area contributed by atoms with Crippen LogP contribution in [0.5, 0.6) is 5.75 Å². The number of benzene rings is 2. The van der Waals surface area contributed by atoms with Gasteiger partial charge in [0.25, 0.3) is 0 Å². The van der Waals surface area contributed by atoms with Crippen molar-refractivity contribution in [2.24, 2.45) is 0 Å². The fourth-order valence-corrected chi connectivity index (χ4v) is 2.63. The Kier molecular flexibility index (Phi) is 7.99. The van der Waals surface area contributed by atoms with E-state index in [9.17, 15) is 9.90 Å². The van der Waals surface area contributed by atoms with Crippen LogP contribution in [0.2, 0.25) is 10.0 Å². The van der Waals surface area contributed by atoms with Gasteiger partial charge in [0.05, 0.1) is 16.1 Å². The first-order chi connectivity index (χ1) is 12.8. The van der Waals surface area contributed by atoms with Crippen LogP contribution in [-0.4, -0.2) is 29.9 Å². The van der Waals surface area contributed by atoms with Gasteiger partial charge in [0.15, 0.2) is 6.10 Å². The molecule has 0 heterocycles. The average molecular weight is 407 g/mol. The van der Waals surface area contributed by atoms with Gasteiger partial charge < -0.3 is 14.6 Å². The second-order valence-electron chi connectivity index (χ2n) is 6.08. The summed E-state index contributed by atoms with van der Waals surface area (Å²) in [7, 11) is 0. The predicted molar refractivity (Wildman–Crippen MR) is 107 cm³/mol. The first-order valence-corrected chi connectivity index (χ1v) is 9.14. The number of halogens is 2. The van der Waals surface area contributed by atoms with Crippen LogP contribution in [0, 0.1) is 11.8 Å². The Morgan fingerprint density at radius 1 is 1.15 bits per heavy atom. The molecule has 2 aromatic rings. The molecule has 1 N–H and O–H groups in total. The van der Waals surface area contributed by atoms with E-state index in [-0.39, 0.29) is 19.1 Å². The molecule has 0 fully saturated rings. The van der Waals surface area contributed by atoms with Crippen molar-refractivity contribution in [3.05, 3.63) is 63.6 Å². The minimum atomic E-state index is -0.984. The number of aliphatic carboxylic acids is 1. The summed E-state index contributed by atoms with van der Waals surface area (Å²) < 4.78 is 11.1. The molecule has 1 atom stereocenters. The highest BCUT2D eigenvalue weighted by Crippen LogP contribution is 2.22. The van der Waals surface area contributed by atoms with Crippen LogP contribution in [-0.2, 0) is 16.0 Å². The summed E-state index contributed by atoms with van der Waals surface area (Å²) in [6.07, 6.45) is -0.795. The Bertz CT molecular complexity index is 853. The van der Waals surface area contributed by atoms with Crippen LogP contribution in [0.3, 0.4) is 0 Å². The van der Waals surface area contributed by atoms with E-state index in [1.54, 1.807) is 30.3 Å². The maximum Gasteiger partial charge on any atom is 0.333 e. The Morgan fingerprint density at radius 2 is 1.93 bits per heavy atom. The van der Waals surface area contributed by atoms with Crippen molar-refractivity contribution in [1.82, 2.24) is 0 Å². The minimum absolute atomic E-state index is 0.165. The molecule has 0 saturated carbocycles. The molecular weight excluding hydrogens is 387 g/mol. The average Bonchev–Trinajstić information content (AvgIpc) is 2.61. The Balaban J connectivity index is 1.96. The minimum Gasteiger partial charge on any atom is -0.481 e. The van der Waals surface area contributed by atoms with Crippen LogP contribution in [0.4, 0.5) is 0 Å². The summed E-state index contributed by atoms with van der Waals surface area (Å²) in [4.78, 5) is 11.3. The van der Waals surface area contributed by atoms with Gasteiger partial charge in [-0.25, -0.2) is 4.79 Å². The summed E-state index contributed by atoms with van der Waals surface area (Å²) in [6, 6.07) is 12.4. The van der Waals surface area contributed by atoms with E-state index in [2.05, 4.69) is 11.8 Å². The van der Waals surface area contributed by atoms with Gasteiger partial charge in [0.2, 0.25) is 0 Å². The zero-order valence-electron chi connectivity index (χ0n) is 15.0. The maximum atomic E-state index is 11.3. The Hall–Kier alpha value is -2.19. The molecule has 2 rings (SSSR count). The molecule has 2 aromatic carbocycles. The van der Waals surface area contributed by atoms with E-state index in [4.69, 9.17) is 32.7 Å². The molecule has 0 amide bonds. The topological polar surface area (TPSA) is 55.8 Å². The quantitative estimate of drug-likeness (QED) is 0.667. The highest BCUT2D eigenvalue weighted by Gasteiger charge is 2.20. The van der Waals surface area contributed by atoms with Gasteiger partial charge in [-0.3, -0.25) is 0 Å². The number of hydrogen-bond donors (Lipinski definition) is 1. The van der Waals surface area contributed by atoms with Gasteiger partial charge >= 0.3 is 5.97 Å². The summed E-state index contributed by atoms with van der Waals surface area (Å²) in [5.74, 6) is 5.49. The first-order valence-electron chi connectivity index (χ1n) is 8.39. The van der Waals surface area contributed by atoms with Crippen molar-refractivity contribution < 1.29 is 19.4 Å². The van der Waals surface area contributed by atoms with Crippen molar-refractivity contribution in [3.63, 3.8) is 0 Å². The zero-order valence-corrected chi connectivity index (χ0v) is 16.6. The second kappa shape index (κ2) is 10.2. The lowest BCUT2D eigenvalue weighted by atomic mass is 10.1. The number of rotatable bonds is 7. The van der Waals surface area contributed by atoms with E-state index in [0.717, 1.165) is 11.1 Å². The number of ether oxygens (including phenoxy) is 2. The van der Waals surface area contributed by atoms with Crippen LogP contribution < -0.4 is 4.74 Å². The third-order valence-corrected chi connectivity index (χ3v) is 4.23. The first kappa shape index (κ1) is 21.1. The Labute approximate surface area is 169 Å². The molecule has 27 heavy (non-hydrogen) atoms. The third-order valence-electron chi connectivity index (χ3n) is 3.49. The van der Waals surface area contributed by atoms with Gasteiger partial charge in [-0.05, 0) is 49.7 Å². The van der Waals surface area contributed by atoms with Gasteiger partial charge in [0, 0.05) is 12.0 Å². The molecule has 0 spiro atoms. The number of carboxylic acid groups (broad SMARTS) is 1. The summed E-state index contributed by atoms with van der Waals surface area (Å²) in [5.41, 5.74) is 1.56. The molecule has 0 radical (unpaired) electrons. The van der Waals surface area contributed by atoms with E-state index >= 15 is 0 Å². The maximum absolute atomic E-state index is 11.3. The van der Waals surface area contributed by atoms with Crippen molar-refractivity contribution >= 4 is 29.2 Å². The van der Waals surface area contributed by atoms with Crippen LogP contribution in [0.25, 0.3) is 0 Å². The number of carboxylic acids is 1. The molecule has 4 nitrogen and oxygen atoms in total. The Morgan fingerprint density at radius 3 is 2.59 bits per heavy atom. The molecule has 0 aliphatic heterocycles. The molecule has 1 unspecified atom stereocenters. The molecular formula is C21H20Cl2O4. The van der Waals surface area contributed by atoms with E-state index in [1.165, 1.54) is 0 Å². The normalized spacial score (nSPS) is 11.6. The predicted octanol–water partition coefficient (Wildman–Crippen LogP) is 4.84. The highest BCUT2D eigenvalue weighted by atomic mass is 35.5. The fourth-order valence-electron chi connectivity index (χ4n) is 2.33. The lowest BCUT2D eigenvalue weighted by Gasteiger charge is -2.16. The lowest BCUT2D eigenvalue weighted by Crippen LogP contribution is -2.29. The fraction of sp³-hybridized carbons (Fsp3) is 0.286. The molecule has 0 aliphatic carbocycles. The van der Waals surface area contributed by atoms with Crippen molar-refractivity contribution in [2.45, 2.75) is 32.5 Å². The molecule has 6 heteroatoms. The van der Waals surface area contributed by atoms with Crippen LogP contribution in [0.1, 0.15) is 25.0 Å². The van der Waals surface area contributed by atoms with Crippen LogP contribution >= 0.6 is 23.2 Å². The van der Waals surface area contributed by atoms with Crippen molar-refractivity contribution in [1.29, 1.82) is 0 Å². The number of hydrogen-bond acceptors (Lipinski definition) is 3. The standard InChI is InChI=1S/C21H20Cl2O4/c1-14(2)27-20(21(24)25)13-16-5-3-7-17(11-16)26-10-4-6-15-8-9-18(22)19(23)12-15/h3,5,7-9,11-12,14,20H,10,13H2,1-2H3,(H,24,25). The van der Waals surface area contributed by atoms with E-state index < -0.39 is 12.1 Å². The van der Waals surface area contributed by atoms with Gasteiger partial charge in [-0.1, -0.05) is 47.2 Å². The van der Waals surface area contributed by atoms with Gasteiger partial charge in [-0.15, -0.1) is 0 Å². The lowest BCUT2D eigenvalue weighted by molar-refractivity contribution is -0.153. The highest BCUT2D eigenvalue weighted by molar-refractivity contribution is 6.42. The molecule has 0 bridgehead atoms. The van der Waals surface area contributed by atoms with E-state index in [0.29, 0.717) is 15.8 Å². The largest absolute Gasteiger partial charge is 0.481 e. The third kappa shape index (κ3) is 7.15. The summed E-state index contributed by atoms with van der Waals surface area (Å²) in [6.45, 7) is 3.80. The monoisotopic (exact) mass is 406 g/mol. The number of carbonyl (C=O) groups is 1. The van der Waals surface area contributed by atoms with E-state index in [1.807, 2.05) is 26.0 Å². The van der Waals surface area contributed by atoms with Gasteiger partial charge in [-0.2, -0.15) is 0 Å². The molecule has 0 saturated heterocycles. The second-order valence-corrected chi connectivity index (χ2v) is 6.90.